The molecule has 1 saturated carbocycles. The van der Waals surface area contributed by atoms with Gasteiger partial charge in [-0.3, -0.25) is 4.79 Å². The quantitative estimate of drug-likeness (QED) is 0.661. The Balaban J connectivity index is 1.71. The van der Waals surface area contributed by atoms with Crippen molar-refractivity contribution in [3.63, 3.8) is 0 Å². The summed E-state index contributed by atoms with van der Waals surface area (Å²) in [6.45, 7) is 2.74. The molecule has 1 fully saturated rings. The molecule has 1 aliphatic carbocycles. The Labute approximate surface area is 167 Å². The van der Waals surface area contributed by atoms with Crippen molar-refractivity contribution in [3.8, 4) is 17.2 Å². The van der Waals surface area contributed by atoms with Crippen molar-refractivity contribution in [2.75, 3.05) is 27.9 Å². The summed E-state index contributed by atoms with van der Waals surface area (Å²) in [6, 6.07) is 12.5. The Bertz CT molecular complexity index is 804. The van der Waals surface area contributed by atoms with Crippen LogP contribution in [0.15, 0.2) is 36.4 Å². The number of rotatable bonds is 9. The van der Waals surface area contributed by atoms with Gasteiger partial charge in [-0.2, -0.15) is 0 Å². The third kappa shape index (κ3) is 4.77. The summed E-state index contributed by atoms with van der Waals surface area (Å²) in [6.07, 6.45) is 3.38. The molecule has 0 aliphatic heterocycles. The molecule has 2 aromatic carbocycles. The standard InChI is InChI=1S/C23H29NO4/c1-16-6-5-7-17(12-16)15-22(25)24(19-8-9-19)11-10-18-13-20(26-2)23(28-4)21(14-18)27-3/h5-7,12-14,19H,8-11,15H2,1-4H3. The SMILES string of the molecule is COc1cc(CCN(C(=O)Cc2cccc(C)c2)C2CC2)cc(OC)c1OC. The predicted molar refractivity (Wildman–Crippen MR) is 109 cm³/mol. The first kappa shape index (κ1) is 20.1. The molecule has 5 nitrogen and oxygen atoms in total. The van der Waals surface area contributed by atoms with Gasteiger partial charge in [0.1, 0.15) is 0 Å². The summed E-state index contributed by atoms with van der Waals surface area (Å²) in [5.74, 6) is 2.06. The van der Waals surface area contributed by atoms with E-state index in [0.29, 0.717) is 36.3 Å². The number of carbonyl (C=O) groups excluding carboxylic acids is 1. The van der Waals surface area contributed by atoms with Crippen molar-refractivity contribution >= 4 is 5.91 Å². The van der Waals surface area contributed by atoms with E-state index in [1.165, 1.54) is 5.56 Å². The molecular formula is C23H29NO4. The average Bonchev–Trinajstić information content (AvgIpc) is 3.52. The van der Waals surface area contributed by atoms with E-state index in [1.807, 2.05) is 29.2 Å². The number of hydrogen-bond donors (Lipinski definition) is 0. The van der Waals surface area contributed by atoms with Gasteiger partial charge < -0.3 is 19.1 Å². The molecule has 0 aromatic heterocycles. The number of hydrogen-bond acceptors (Lipinski definition) is 4. The smallest absolute Gasteiger partial charge is 0.227 e. The minimum Gasteiger partial charge on any atom is -0.493 e. The summed E-state index contributed by atoms with van der Waals surface area (Å²) >= 11 is 0. The molecule has 0 heterocycles. The summed E-state index contributed by atoms with van der Waals surface area (Å²) in [7, 11) is 4.82. The zero-order valence-corrected chi connectivity index (χ0v) is 17.2. The molecule has 0 radical (unpaired) electrons. The summed E-state index contributed by atoms with van der Waals surface area (Å²) in [5, 5.41) is 0. The van der Waals surface area contributed by atoms with Crippen molar-refractivity contribution < 1.29 is 19.0 Å². The van der Waals surface area contributed by atoms with Gasteiger partial charge in [0.05, 0.1) is 27.8 Å². The van der Waals surface area contributed by atoms with Crippen LogP contribution in [0, 0.1) is 6.92 Å². The minimum absolute atomic E-state index is 0.195. The zero-order valence-electron chi connectivity index (χ0n) is 17.2. The predicted octanol–water partition coefficient (Wildman–Crippen LogP) is 3.80. The molecule has 0 saturated heterocycles. The van der Waals surface area contributed by atoms with Crippen LogP contribution in [0.3, 0.4) is 0 Å². The molecule has 3 rings (SSSR count). The Kier molecular flexibility index (Phi) is 6.45. The van der Waals surface area contributed by atoms with Crippen LogP contribution in [0.2, 0.25) is 0 Å². The van der Waals surface area contributed by atoms with E-state index in [-0.39, 0.29) is 5.91 Å². The lowest BCUT2D eigenvalue weighted by molar-refractivity contribution is -0.131. The maximum absolute atomic E-state index is 12.9. The second kappa shape index (κ2) is 9.00. The molecular weight excluding hydrogens is 354 g/mol. The Morgan fingerprint density at radius 3 is 2.21 bits per heavy atom. The third-order valence-electron chi connectivity index (χ3n) is 5.11. The molecule has 0 N–H and O–H groups in total. The molecule has 1 amide bonds. The molecule has 1 aliphatic rings. The highest BCUT2D eigenvalue weighted by Gasteiger charge is 2.32. The number of aryl methyl sites for hydroxylation is 1. The average molecular weight is 383 g/mol. The highest BCUT2D eigenvalue weighted by atomic mass is 16.5. The highest BCUT2D eigenvalue weighted by Crippen LogP contribution is 2.38. The lowest BCUT2D eigenvalue weighted by atomic mass is 10.1. The normalized spacial score (nSPS) is 13.1. The van der Waals surface area contributed by atoms with Crippen molar-refractivity contribution in [3.05, 3.63) is 53.1 Å². The monoisotopic (exact) mass is 383 g/mol. The van der Waals surface area contributed by atoms with Gasteiger partial charge >= 0.3 is 0 Å². The number of methoxy groups -OCH3 is 3. The Morgan fingerprint density at radius 1 is 1.00 bits per heavy atom. The zero-order chi connectivity index (χ0) is 20.1. The fraction of sp³-hybridized carbons (Fsp3) is 0.435. The van der Waals surface area contributed by atoms with Gasteiger partial charge in [-0.15, -0.1) is 0 Å². The number of carbonyl (C=O) groups is 1. The number of benzene rings is 2. The van der Waals surface area contributed by atoms with E-state index in [1.54, 1.807) is 21.3 Å². The van der Waals surface area contributed by atoms with Crippen LogP contribution in [0.25, 0.3) is 0 Å². The van der Waals surface area contributed by atoms with Gasteiger partial charge in [0.15, 0.2) is 11.5 Å². The summed E-state index contributed by atoms with van der Waals surface area (Å²) in [4.78, 5) is 15.0. The van der Waals surface area contributed by atoms with E-state index in [9.17, 15) is 4.79 Å². The van der Waals surface area contributed by atoms with E-state index in [0.717, 1.165) is 30.4 Å². The highest BCUT2D eigenvalue weighted by molar-refractivity contribution is 5.79. The van der Waals surface area contributed by atoms with Crippen molar-refractivity contribution in [1.82, 2.24) is 4.90 Å². The molecule has 0 atom stereocenters. The molecule has 0 unspecified atom stereocenters. The number of ether oxygens (including phenoxy) is 3. The first-order valence-electron chi connectivity index (χ1n) is 9.69. The van der Waals surface area contributed by atoms with Gasteiger partial charge in [-0.25, -0.2) is 0 Å². The second-order valence-corrected chi connectivity index (χ2v) is 7.27. The van der Waals surface area contributed by atoms with E-state index < -0.39 is 0 Å². The van der Waals surface area contributed by atoms with Crippen molar-refractivity contribution in [2.45, 2.75) is 38.6 Å². The van der Waals surface area contributed by atoms with Crippen LogP contribution in [0.4, 0.5) is 0 Å². The van der Waals surface area contributed by atoms with Gasteiger partial charge in [-0.1, -0.05) is 29.8 Å². The Morgan fingerprint density at radius 2 is 1.68 bits per heavy atom. The Hall–Kier alpha value is -2.69. The van der Waals surface area contributed by atoms with Crippen LogP contribution < -0.4 is 14.2 Å². The fourth-order valence-electron chi connectivity index (χ4n) is 3.52. The first-order chi connectivity index (χ1) is 13.5. The lowest BCUT2D eigenvalue weighted by Gasteiger charge is -2.23. The van der Waals surface area contributed by atoms with Gasteiger partial charge in [0.2, 0.25) is 11.7 Å². The molecule has 0 bridgehead atoms. The van der Waals surface area contributed by atoms with Gasteiger partial charge in [0, 0.05) is 12.6 Å². The second-order valence-electron chi connectivity index (χ2n) is 7.27. The molecule has 5 heteroatoms. The molecule has 28 heavy (non-hydrogen) atoms. The van der Waals surface area contributed by atoms with Crippen molar-refractivity contribution in [1.29, 1.82) is 0 Å². The number of nitrogens with zero attached hydrogens (tertiary/aromatic N) is 1. The van der Waals surface area contributed by atoms with Crippen LogP contribution in [-0.2, 0) is 17.6 Å². The van der Waals surface area contributed by atoms with Crippen molar-refractivity contribution in [2.24, 2.45) is 0 Å². The third-order valence-corrected chi connectivity index (χ3v) is 5.11. The molecule has 2 aromatic rings. The minimum atomic E-state index is 0.195. The van der Waals surface area contributed by atoms with Gasteiger partial charge in [-0.05, 0) is 49.4 Å². The molecule has 150 valence electrons. The topological polar surface area (TPSA) is 48.0 Å². The van der Waals surface area contributed by atoms with E-state index >= 15 is 0 Å². The van der Waals surface area contributed by atoms with Crippen LogP contribution in [-0.4, -0.2) is 44.7 Å². The lowest BCUT2D eigenvalue weighted by Crippen LogP contribution is -2.36. The van der Waals surface area contributed by atoms with Gasteiger partial charge in [0.25, 0.3) is 0 Å². The molecule has 0 spiro atoms. The number of amides is 1. The summed E-state index contributed by atoms with van der Waals surface area (Å²) in [5.41, 5.74) is 3.31. The fourth-order valence-corrected chi connectivity index (χ4v) is 3.52. The maximum Gasteiger partial charge on any atom is 0.227 e. The summed E-state index contributed by atoms with van der Waals surface area (Å²) < 4.78 is 16.3. The van der Waals surface area contributed by atoms with E-state index in [2.05, 4.69) is 19.1 Å². The maximum atomic E-state index is 12.9. The van der Waals surface area contributed by atoms with Crippen LogP contribution in [0.1, 0.15) is 29.5 Å². The van der Waals surface area contributed by atoms with Crippen LogP contribution in [0.5, 0.6) is 17.2 Å². The first-order valence-corrected chi connectivity index (χ1v) is 9.69. The largest absolute Gasteiger partial charge is 0.493 e. The van der Waals surface area contributed by atoms with E-state index in [4.69, 9.17) is 14.2 Å². The van der Waals surface area contributed by atoms with Crippen LogP contribution >= 0.6 is 0 Å².